The normalized spacial score (nSPS) is 18.8. The minimum atomic E-state index is -0.407. The van der Waals surface area contributed by atoms with E-state index in [0.29, 0.717) is 12.1 Å². The number of carbonyl (C=O) groups is 1. The van der Waals surface area contributed by atoms with Gasteiger partial charge in [0.25, 0.3) is 0 Å². The second-order valence-corrected chi connectivity index (χ2v) is 3.65. The summed E-state index contributed by atoms with van der Waals surface area (Å²) in [5.41, 5.74) is 1.54. The van der Waals surface area contributed by atoms with Gasteiger partial charge in [-0.2, -0.15) is 0 Å². The van der Waals surface area contributed by atoms with Crippen LogP contribution in [0.15, 0.2) is 35.5 Å². The van der Waals surface area contributed by atoms with Gasteiger partial charge in [-0.25, -0.2) is 4.79 Å². The fraction of sp³-hybridized carbons (Fsp3) is 0.333. The molecule has 0 radical (unpaired) electrons. The van der Waals surface area contributed by atoms with E-state index in [-0.39, 0.29) is 6.10 Å². The van der Waals surface area contributed by atoms with Gasteiger partial charge in [0.05, 0.1) is 7.11 Å². The third kappa shape index (κ3) is 2.39. The van der Waals surface area contributed by atoms with Crippen LogP contribution in [0.2, 0.25) is 0 Å². The van der Waals surface area contributed by atoms with Crippen molar-refractivity contribution in [1.29, 1.82) is 0 Å². The van der Waals surface area contributed by atoms with Crippen molar-refractivity contribution < 1.29 is 14.4 Å². The van der Waals surface area contributed by atoms with E-state index in [4.69, 9.17) is 4.84 Å². The highest BCUT2D eigenvalue weighted by atomic mass is 16.6. The first-order valence-corrected chi connectivity index (χ1v) is 5.14. The van der Waals surface area contributed by atoms with Gasteiger partial charge in [-0.3, -0.25) is 0 Å². The number of hydrogen-bond acceptors (Lipinski definition) is 4. The van der Waals surface area contributed by atoms with Crippen LogP contribution in [0.5, 0.6) is 0 Å². The molecule has 84 valence electrons. The highest BCUT2D eigenvalue weighted by molar-refractivity contribution is 6.36. The lowest BCUT2D eigenvalue weighted by Gasteiger charge is -2.07. The largest absolute Gasteiger partial charge is 0.464 e. The zero-order valence-electron chi connectivity index (χ0n) is 9.05. The monoisotopic (exact) mass is 219 g/mol. The molecule has 1 aliphatic heterocycles. The molecule has 1 aromatic carbocycles. The van der Waals surface area contributed by atoms with Crippen molar-refractivity contribution in [3.05, 3.63) is 35.9 Å². The van der Waals surface area contributed by atoms with Gasteiger partial charge in [0.15, 0.2) is 5.71 Å². The minimum Gasteiger partial charge on any atom is -0.464 e. The molecule has 0 aliphatic carbocycles. The Morgan fingerprint density at radius 2 is 2.25 bits per heavy atom. The number of ether oxygens (including phenoxy) is 1. The molecule has 4 heteroatoms. The second kappa shape index (κ2) is 4.79. The number of esters is 1. The topological polar surface area (TPSA) is 47.9 Å². The molecule has 0 N–H and O–H groups in total. The fourth-order valence-electron chi connectivity index (χ4n) is 1.65. The molecule has 1 aliphatic rings. The van der Waals surface area contributed by atoms with Crippen LogP contribution in [-0.2, 0) is 20.8 Å². The van der Waals surface area contributed by atoms with Gasteiger partial charge in [0.1, 0.15) is 6.10 Å². The second-order valence-electron chi connectivity index (χ2n) is 3.65. The fourth-order valence-corrected chi connectivity index (χ4v) is 1.65. The van der Waals surface area contributed by atoms with Crippen LogP contribution in [0, 0.1) is 0 Å². The minimum absolute atomic E-state index is 0.0588. The highest BCUT2D eigenvalue weighted by Crippen LogP contribution is 2.16. The molecule has 0 bridgehead atoms. The first-order chi connectivity index (χ1) is 7.79. The standard InChI is InChI=1S/C12H13NO3/c1-15-12(14)11-8-10(16-13-11)7-9-5-3-2-4-6-9/h2-6,10H,7-8H2,1H3/t10-/m1/s1. The first kappa shape index (κ1) is 10.7. The maximum atomic E-state index is 11.2. The predicted octanol–water partition coefficient (Wildman–Crippen LogP) is 1.55. The summed E-state index contributed by atoms with van der Waals surface area (Å²) in [5.74, 6) is -0.407. The molecule has 0 aromatic heterocycles. The Morgan fingerprint density at radius 1 is 1.50 bits per heavy atom. The predicted molar refractivity (Wildman–Crippen MR) is 59.1 cm³/mol. The van der Waals surface area contributed by atoms with Crippen LogP contribution in [0.4, 0.5) is 0 Å². The lowest BCUT2D eigenvalue weighted by atomic mass is 10.0. The Morgan fingerprint density at radius 3 is 2.94 bits per heavy atom. The van der Waals surface area contributed by atoms with Crippen LogP contribution in [0.1, 0.15) is 12.0 Å². The van der Waals surface area contributed by atoms with Crippen LogP contribution < -0.4 is 0 Å². The molecule has 0 amide bonds. The number of benzene rings is 1. The Labute approximate surface area is 93.9 Å². The van der Waals surface area contributed by atoms with Gasteiger partial charge in [-0.1, -0.05) is 35.5 Å². The third-order valence-electron chi connectivity index (χ3n) is 2.46. The molecule has 0 saturated heterocycles. The van der Waals surface area contributed by atoms with Gasteiger partial charge in [0, 0.05) is 12.8 Å². The Kier molecular flexibility index (Phi) is 3.19. The van der Waals surface area contributed by atoms with Crippen molar-refractivity contribution in [2.24, 2.45) is 5.16 Å². The van der Waals surface area contributed by atoms with Crippen molar-refractivity contribution >= 4 is 11.7 Å². The van der Waals surface area contributed by atoms with Crippen molar-refractivity contribution in [3.8, 4) is 0 Å². The van der Waals surface area contributed by atoms with E-state index in [1.54, 1.807) is 0 Å². The molecule has 16 heavy (non-hydrogen) atoms. The van der Waals surface area contributed by atoms with E-state index in [9.17, 15) is 4.79 Å². The Hall–Kier alpha value is -1.84. The van der Waals surface area contributed by atoms with Gasteiger partial charge in [-0.05, 0) is 5.56 Å². The van der Waals surface area contributed by atoms with E-state index < -0.39 is 5.97 Å². The highest BCUT2D eigenvalue weighted by Gasteiger charge is 2.26. The molecule has 0 saturated carbocycles. The zero-order valence-corrected chi connectivity index (χ0v) is 9.05. The molecular weight excluding hydrogens is 206 g/mol. The summed E-state index contributed by atoms with van der Waals surface area (Å²) < 4.78 is 4.58. The van der Waals surface area contributed by atoms with Crippen LogP contribution in [0.3, 0.4) is 0 Å². The molecular formula is C12H13NO3. The van der Waals surface area contributed by atoms with Gasteiger partial charge < -0.3 is 9.57 Å². The molecule has 0 unspecified atom stereocenters. The van der Waals surface area contributed by atoms with Crippen molar-refractivity contribution in [1.82, 2.24) is 0 Å². The van der Waals surface area contributed by atoms with Gasteiger partial charge >= 0.3 is 5.97 Å². The van der Waals surface area contributed by atoms with Crippen molar-refractivity contribution in [2.75, 3.05) is 7.11 Å². The summed E-state index contributed by atoms with van der Waals surface area (Å²) in [7, 11) is 1.34. The number of hydrogen-bond donors (Lipinski definition) is 0. The van der Waals surface area contributed by atoms with Gasteiger partial charge in [-0.15, -0.1) is 0 Å². The smallest absolute Gasteiger partial charge is 0.355 e. The third-order valence-corrected chi connectivity index (χ3v) is 2.46. The molecule has 2 rings (SSSR count). The van der Waals surface area contributed by atoms with E-state index in [2.05, 4.69) is 9.89 Å². The lowest BCUT2D eigenvalue weighted by molar-refractivity contribution is -0.132. The summed E-state index contributed by atoms with van der Waals surface area (Å²) in [6.07, 6.45) is 1.21. The summed E-state index contributed by atoms with van der Waals surface area (Å²) in [4.78, 5) is 16.4. The molecule has 0 fully saturated rings. The van der Waals surface area contributed by atoms with E-state index >= 15 is 0 Å². The Bertz CT molecular complexity index is 400. The molecule has 0 spiro atoms. The van der Waals surface area contributed by atoms with E-state index in [0.717, 1.165) is 6.42 Å². The van der Waals surface area contributed by atoms with Crippen LogP contribution in [0.25, 0.3) is 0 Å². The quantitative estimate of drug-likeness (QED) is 0.724. The van der Waals surface area contributed by atoms with Gasteiger partial charge in [0.2, 0.25) is 0 Å². The summed E-state index contributed by atoms with van der Waals surface area (Å²) >= 11 is 0. The first-order valence-electron chi connectivity index (χ1n) is 5.14. The summed E-state index contributed by atoms with van der Waals surface area (Å²) in [6, 6.07) is 9.98. The average molecular weight is 219 g/mol. The molecule has 1 aromatic rings. The summed E-state index contributed by atoms with van der Waals surface area (Å²) in [6.45, 7) is 0. The van der Waals surface area contributed by atoms with E-state index in [1.165, 1.54) is 12.7 Å². The maximum absolute atomic E-state index is 11.2. The number of nitrogens with zero attached hydrogens (tertiary/aromatic N) is 1. The van der Waals surface area contributed by atoms with Crippen LogP contribution >= 0.6 is 0 Å². The number of carbonyl (C=O) groups excluding carboxylic acids is 1. The summed E-state index contributed by atoms with van der Waals surface area (Å²) in [5, 5.41) is 3.73. The molecule has 1 atom stereocenters. The lowest BCUT2D eigenvalue weighted by Crippen LogP contribution is -2.17. The van der Waals surface area contributed by atoms with Crippen molar-refractivity contribution in [2.45, 2.75) is 18.9 Å². The maximum Gasteiger partial charge on any atom is 0.355 e. The van der Waals surface area contributed by atoms with Crippen LogP contribution in [-0.4, -0.2) is 24.9 Å². The number of oxime groups is 1. The number of rotatable bonds is 3. The SMILES string of the molecule is COC(=O)C1=NO[C@H](Cc2ccccc2)C1. The number of methoxy groups -OCH3 is 1. The van der Waals surface area contributed by atoms with E-state index in [1.807, 2.05) is 30.3 Å². The zero-order chi connectivity index (χ0) is 11.4. The van der Waals surface area contributed by atoms with Crippen molar-refractivity contribution in [3.63, 3.8) is 0 Å². The average Bonchev–Trinajstić information content (AvgIpc) is 2.78. The molecule has 4 nitrogen and oxygen atoms in total. The molecule has 1 heterocycles. The Balaban J connectivity index is 1.90.